The van der Waals surface area contributed by atoms with Crippen molar-refractivity contribution in [3.63, 3.8) is 0 Å². The maximum absolute atomic E-state index is 11.8. The molecule has 0 bridgehead atoms. The first-order valence-electron chi connectivity index (χ1n) is 6.98. The van der Waals surface area contributed by atoms with Gasteiger partial charge in [-0.1, -0.05) is 25.5 Å². The summed E-state index contributed by atoms with van der Waals surface area (Å²) >= 11 is 0. The number of carboxylic acids is 1. The fourth-order valence-corrected chi connectivity index (χ4v) is 2.03. The molecular formula is C15H22N2O4. The van der Waals surface area contributed by atoms with E-state index in [-0.39, 0.29) is 30.5 Å². The van der Waals surface area contributed by atoms with Crippen LogP contribution in [0.2, 0.25) is 0 Å². The van der Waals surface area contributed by atoms with E-state index in [0.717, 1.165) is 18.4 Å². The van der Waals surface area contributed by atoms with Crippen LogP contribution in [0.25, 0.3) is 0 Å². The number of phenols is 1. The number of nitrogens with two attached hydrogens (primary N) is 1. The number of hydrogen-bond acceptors (Lipinski definition) is 4. The molecular weight excluding hydrogens is 272 g/mol. The number of carbonyl (C=O) groups is 2. The lowest BCUT2D eigenvalue weighted by molar-refractivity contribution is -0.141. The first kappa shape index (κ1) is 17.0. The zero-order valence-corrected chi connectivity index (χ0v) is 12.1. The molecule has 6 heteroatoms. The van der Waals surface area contributed by atoms with Gasteiger partial charge in [-0.05, 0) is 24.1 Å². The fraction of sp³-hybridized carbons (Fsp3) is 0.467. The molecule has 6 nitrogen and oxygen atoms in total. The first-order valence-corrected chi connectivity index (χ1v) is 6.98. The van der Waals surface area contributed by atoms with Gasteiger partial charge in [-0.25, -0.2) is 4.79 Å². The molecule has 1 rings (SSSR count). The van der Waals surface area contributed by atoms with E-state index < -0.39 is 12.0 Å². The molecule has 0 aliphatic carbocycles. The highest BCUT2D eigenvalue weighted by Crippen LogP contribution is 2.11. The number of carbonyl (C=O) groups excluding carboxylic acids is 1. The van der Waals surface area contributed by atoms with Crippen molar-refractivity contribution in [3.8, 4) is 5.75 Å². The Bertz CT molecular complexity index is 473. The van der Waals surface area contributed by atoms with E-state index >= 15 is 0 Å². The Kier molecular flexibility index (Phi) is 6.68. The van der Waals surface area contributed by atoms with Crippen LogP contribution in [0.1, 0.15) is 31.7 Å². The SMILES string of the molecule is CCCC(N)CC(=O)N[C@H](Cc1ccc(O)cc1)C(=O)O. The number of aliphatic carboxylic acids is 1. The Morgan fingerprint density at radius 1 is 1.29 bits per heavy atom. The van der Waals surface area contributed by atoms with Gasteiger partial charge in [0.1, 0.15) is 11.8 Å². The summed E-state index contributed by atoms with van der Waals surface area (Å²) in [6.07, 6.45) is 1.88. The molecule has 116 valence electrons. The predicted octanol–water partition coefficient (Wildman–Crippen LogP) is 1.02. The largest absolute Gasteiger partial charge is 0.508 e. The van der Waals surface area contributed by atoms with E-state index in [4.69, 9.17) is 5.73 Å². The Morgan fingerprint density at radius 3 is 2.43 bits per heavy atom. The van der Waals surface area contributed by atoms with Crippen molar-refractivity contribution in [2.24, 2.45) is 5.73 Å². The lowest BCUT2D eigenvalue weighted by Crippen LogP contribution is -2.44. The van der Waals surface area contributed by atoms with Gasteiger partial charge in [0.25, 0.3) is 0 Å². The van der Waals surface area contributed by atoms with Gasteiger partial charge in [0, 0.05) is 18.9 Å². The van der Waals surface area contributed by atoms with E-state index in [1.165, 1.54) is 12.1 Å². The highest BCUT2D eigenvalue weighted by atomic mass is 16.4. The summed E-state index contributed by atoms with van der Waals surface area (Å²) in [6, 6.07) is 4.95. The Hall–Kier alpha value is -2.08. The molecule has 0 fully saturated rings. The topological polar surface area (TPSA) is 113 Å². The van der Waals surface area contributed by atoms with Crippen LogP contribution in [-0.2, 0) is 16.0 Å². The minimum atomic E-state index is -1.10. The molecule has 1 amide bonds. The molecule has 2 atom stereocenters. The van der Waals surface area contributed by atoms with Crippen LogP contribution in [0.3, 0.4) is 0 Å². The molecule has 0 aliphatic rings. The monoisotopic (exact) mass is 294 g/mol. The number of aromatic hydroxyl groups is 1. The quantitative estimate of drug-likeness (QED) is 0.572. The third-order valence-electron chi connectivity index (χ3n) is 3.12. The van der Waals surface area contributed by atoms with Crippen LogP contribution in [0.4, 0.5) is 0 Å². The molecule has 1 aromatic rings. The molecule has 0 aliphatic heterocycles. The average molecular weight is 294 g/mol. The number of nitrogens with one attached hydrogen (secondary N) is 1. The molecule has 0 radical (unpaired) electrons. The van der Waals surface area contributed by atoms with Gasteiger partial charge in [-0.2, -0.15) is 0 Å². The molecule has 5 N–H and O–H groups in total. The summed E-state index contributed by atoms with van der Waals surface area (Å²) in [5, 5.41) is 20.9. The highest BCUT2D eigenvalue weighted by molar-refractivity contribution is 5.84. The molecule has 0 spiro atoms. The summed E-state index contributed by atoms with van der Waals surface area (Å²) in [7, 11) is 0. The van der Waals surface area contributed by atoms with Gasteiger partial charge in [0.2, 0.25) is 5.91 Å². The van der Waals surface area contributed by atoms with Crippen molar-refractivity contribution in [1.82, 2.24) is 5.32 Å². The second kappa shape index (κ2) is 8.26. The van der Waals surface area contributed by atoms with Crippen molar-refractivity contribution in [2.45, 2.75) is 44.7 Å². The Balaban J connectivity index is 2.59. The molecule has 0 saturated heterocycles. The second-order valence-corrected chi connectivity index (χ2v) is 5.08. The minimum absolute atomic E-state index is 0.111. The van der Waals surface area contributed by atoms with Crippen molar-refractivity contribution >= 4 is 11.9 Å². The van der Waals surface area contributed by atoms with Crippen LogP contribution >= 0.6 is 0 Å². The van der Waals surface area contributed by atoms with E-state index in [0.29, 0.717) is 0 Å². The van der Waals surface area contributed by atoms with Crippen molar-refractivity contribution in [1.29, 1.82) is 0 Å². The number of amides is 1. The van der Waals surface area contributed by atoms with Crippen molar-refractivity contribution < 1.29 is 19.8 Å². The molecule has 1 aromatic carbocycles. The Morgan fingerprint density at radius 2 is 1.90 bits per heavy atom. The molecule has 21 heavy (non-hydrogen) atoms. The third-order valence-corrected chi connectivity index (χ3v) is 3.12. The first-order chi connectivity index (χ1) is 9.92. The lowest BCUT2D eigenvalue weighted by atomic mass is 10.0. The van der Waals surface area contributed by atoms with Crippen LogP contribution in [-0.4, -0.2) is 34.2 Å². The average Bonchev–Trinajstić information content (AvgIpc) is 2.40. The van der Waals surface area contributed by atoms with Crippen LogP contribution < -0.4 is 11.1 Å². The third kappa shape index (κ3) is 6.27. The Labute approximate surface area is 124 Å². The number of rotatable bonds is 8. The van der Waals surface area contributed by atoms with E-state index in [1.54, 1.807) is 12.1 Å². The standard InChI is InChI=1S/C15H22N2O4/c1-2-3-11(16)9-14(19)17-13(15(20)21)8-10-4-6-12(18)7-5-10/h4-7,11,13,18H,2-3,8-9,16H2,1H3,(H,17,19)(H,20,21)/t11?,13-/m1/s1. The molecule has 0 heterocycles. The highest BCUT2D eigenvalue weighted by Gasteiger charge is 2.21. The second-order valence-electron chi connectivity index (χ2n) is 5.08. The maximum Gasteiger partial charge on any atom is 0.326 e. The van der Waals surface area contributed by atoms with E-state index in [1.807, 2.05) is 6.92 Å². The van der Waals surface area contributed by atoms with Crippen LogP contribution in [0, 0.1) is 0 Å². The van der Waals surface area contributed by atoms with Gasteiger partial charge in [0.15, 0.2) is 0 Å². The van der Waals surface area contributed by atoms with Gasteiger partial charge in [0.05, 0.1) is 0 Å². The summed E-state index contributed by atoms with van der Waals surface area (Å²) in [5.74, 6) is -1.34. The number of benzene rings is 1. The summed E-state index contributed by atoms with van der Waals surface area (Å²) < 4.78 is 0. The zero-order valence-electron chi connectivity index (χ0n) is 12.1. The van der Waals surface area contributed by atoms with Crippen LogP contribution in [0.15, 0.2) is 24.3 Å². The van der Waals surface area contributed by atoms with Gasteiger partial charge in [-0.15, -0.1) is 0 Å². The summed E-state index contributed by atoms with van der Waals surface area (Å²) in [6.45, 7) is 1.97. The predicted molar refractivity (Wildman–Crippen MR) is 78.9 cm³/mol. The van der Waals surface area contributed by atoms with Gasteiger partial charge < -0.3 is 21.3 Å². The minimum Gasteiger partial charge on any atom is -0.508 e. The van der Waals surface area contributed by atoms with Crippen LogP contribution in [0.5, 0.6) is 5.75 Å². The van der Waals surface area contributed by atoms with Gasteiger partial charge >= 0.3 is 5.97 Å². The van der Waals surface area contributed by atoms with Crippen molar-refractivity contribution in [2.75, 3.05) is 0 Å². The number of phenolic OH excluding ortho intramolecular Hbond substituents is 1. The zero-order chi connectivity index (χ0) is 15.8. The lowest BCUT2D eigenvalue weighted by Gasteiger charge is -2.16. The molecule has 0 aromatic heterocycles. The van der Waals surface area contributed by atoms with Crippen molar-refractivity contribution in [3.05, 3.63) is 29.8 Å². The maximum atomic E-state index is 11.8. The summed E-state index contributed by atoms with van der Waals surface area (Å²) in [4.78, 5) is 23.0. The van der Waals surface area contributed by atoms with E-state index in [9.17, 15) is 19.8 Å². The molecule has 1 unspecified atom stereocenters. The number of hydrogen-bond donors (Lipinski definition) is 4. The van der Waals surface area contributed by atoms with E-state index in [2.05, 4.69) is 5.32 Å². The number of carboxylic acid groups (broad SMARTS) is 1. The summed E-state index contributed by atoms with van der Waals surface area (Å²) in [5.41, 5.74) is 6.49. The molecule has 0 saturated carbocycles. The fourth-order valence-electron chi connectivity index (χ4n) is 2.03. The van der Waals surface area contributed by atoms with Gasteiger partial charge in [-0.3, -0.25) is 4.79 Å². The smallest absolute Gasteiger partial charge is 0.326 e. The normalized spacial score (nSPS) is 13.4.